The fraction of sp³-hybridized carbons (Fsp3) is 0.409. The van der Waals surface area contributed by atoms with Crippen LogP contribution in [0.5, 0.6) is 0 Å². The van der Waals surface area contributed by atoms with E-state index >= 15 is 0 Å². The van der Waals surface area contributed by atoms with E-state index in [0.29, 0.717) is 31.5 Å². The molecule has 176 valence electrons. The van der Waals surface area contributed by atoms with Crippen molar-refractivity contribution >= 4 is 41.5 Å². The van der Waals surface area contributed by atoms with Crippen LogP contribution in [0, 0.1) is 0 Å². The minimum atomic E-state index is 0. The average Bonchev–Trinajstić information content (AvgIpc) is 3.44. The van der Waals surface area contributed by atoms with Gasteiger partial charge in [-0.3, -0.25) is 14.5 Å². The molecule has 1 saturated heterocycles. The fourth-order valence-electron chi connectivity index (χ4n) is 3.70. The topological polar surface area (TPSA) is 105 Å². The molecule has 1 amide bonds. The van der Waals surface area contributed by atoms with E-state index < -0.39 is 0 Å². The SMILES string of the molecule is CCCc1noc(-c2cccc(CNC(=NC)N3CCN(c4cnn(C)c4)C(=O)C3)c2)n1.I. The van der Waals surface area contributed by atoms with E-state index in [-0.39, 0.29) is 36.4 Å². The lowest BCUT2D eigenvalue weighted by Crippen LogP contribution is -2.55. The number of aryl methyl sites for hydroxylation is 2. The lowest BCUT2D eigenvalue weighted by atomic mass is 10.1. The maximum absolute atomic E-state index is 12.7. The van der Waals surface area contributed by atoms with Gasteiger partial charge in [0, 0.05) is 51.9 Å². The lowest BCUT2D eigenvalue weighted by Gasteiger charge is -2.35. The molecule has 0 saturated carbocycles. The first kappa shape index (κ1) is 24.7. The van der Waals surface area contributed by atoms with E-state index in [1.165, 1.54) is 0 Å². The molecule has 0 radical (unpaired) electrons. The van der Waals surface area contributed by atoms with Gasteiger partial charge in [0.05, 0.1) is 11.9 Å². The molecule has 1 aliphatic rings. The smallest absolute Gasteiger partial charge is 0.257 e. The van der Waals surface area contributed by atoms with Crippen LogP contribution in [0.1, 0.15) is 24.7 Å². The van der Waals surface area contributed by atoms with Crippen molar-refractivity contribution in [3.63, 3.8) is 0 Å². The standard InChI is InChI=1S/C22H28N8O2.HI/c1-4-6-19-26-21(32-27-19)17-8-5-7-16(11-17)12-24-22(23-2)29-9-10-30(20(31)15-29)18-13-25-28(3)14-18;/h5,7-8,11,13-14H,4,6,9-10,12,15H2,1-3H3,(H,23,24);1H. The number of benzene rings is 1. The Bertz CT molecular complexity index is 1110. The van der Waals surface area contributed by atoms with Crippen molar-refractivity contribution in [1.29, 1.82) is 0 Å². The Balaban J connectivity index is 0.00000306. The van der Waals surface area contributed by atoms with Crippen molar-refractivity contribution in [3.8, 4) is 11.5 Å². The van der Waals surface area contributed by atoms with Crippen molar-refractivity contribution in [2.24, 2.45) is 12.0 Å². The Hall–Kier alpha value is -2.96. The molecule has 1 N–H and O–H groups in total. The Morgan fingerprint density at radius 3 is 2.85 bits per heavy atom. The molecule has 3 aromatic rings. The zero-order chi connectivity index (χ0) is 22.5. The first-order valence-corrected chi connectivity index (χ1v) is 10.7. The van der Waals surface area contributed by atoms with Gasteiger partial charge in [0.15, 0.2) is 11.8 Å². The molecule has 2 aromatic heterocycles. The summed E-state index contributed by atoms with van der Waals surface area (Å²) in [5.74, 6) is 1.96. The quantitative estimate of drug-likeness (QED) is 0.279. The maximum Gasteiger partial charge on any atom is 0.257 e. The minimum absolute atomic E-state index is 0. The summed E-state index contributed by atoms with van der Waals surface area (Å²) >= 11 is 0. The van der Waals surface area contributed by atoms with Gasteiger partial charge < -0.3 is 19.6 Å². The highest BCUT2D eigenvalue weighted by Crippen LogP contribution is 2.19. The monoisotopic (exact) mass is 564 g/mol. The number of aliphatic imine (C=N–C) groups is 1. The summed E-state index contributed by atoms with van der Waals surface area (Å²) in [6, 6.07) is 7.97. The van der Waals surface area contributed by atoms with Gasteiger partial charge in [0.25, 0.3) is 5.89 Å². The van der Waals surface area contributed by atoms with Crippen LogP contribution in [0.25, 0.3) is 11.5 Å². The first-order valence-electron chi connectivity index (χ1n) is 10.7. The van der Waals surface area contributed by atoms with Gasteiger partial charge in [-0.25, -0.2) is 0 Å². The number of carbonyl (C=O) groups is 1. The second kappa shape index (κ2) is 11.3. The molecule has 10 nitrogen and oxygen atoms in total. The third-order valence-electron chi connectivity index (χ3n) is 5.30. The van der Waals surface area contributed by atoms with Gasteiger partial charge in [-0.05, 0) is 24.1 Å². The molecule has 0 bridgehead atoms. The number of aromatic nitrogens is 4. The highest BCUT2D eigenvalue weighted by Gasteiger charge is 2.27. The van der Waals surface area contributed by atoms with E-state index in [2.05, 4.69) is 32.5 Å². The largest absolute Gasteiger partial charge is 0.352 e. The number of amides is 1. The van der Waals surface area contributed by atoms with Gasteiger partial charge in [0.1, 0.15) is 6.54 Å². The van der Waals surface area contributed by atoms with Crippen molar-refractivity contribution in [1.82, 2.24) is 30.1 Å². The van der Waals surface area contributed by atoms with Gasteiger partial charge >= 0.3 is 0 Å². The molecule has 0 unspecified atom stereocenters. The third-order valence-corrected chi connectivity index (χ3v) is 5.30. The fourth-order valence-corrected chi connectivity index (χ4v) is 3.70. The molecule has 0 spiro atoms. The van der Waals surface area contributed by atoms with Gasteiger partial charge in [-0.2, -0.15) is 10.1 Å². The normalized spacial score (nSPS) is 14.4. The Morgan fingerprint density at radius 1 is 1.30 bits per heavy atom. The number of anilines is 1. The van der Waals surface area contributed by atoms with Crippen LogP contribution in [-0.2, 0) is 24.8 Å². The van der Waals surface area contributed by atoms with Crippen LogP contribution in [0.4, 0.5) is 5.69 Å². The van der Waals surface area contributed by atoms with E-state index in [1.54, 1.807) is 22.8 Å². The average molecular weight is 564 g/mol. The minimum Gasteiger partial charge on any atom is -0.352 e. The maximum atomic E-state index is 12.7. The molecule has 1 aliphatic heterocycles. The molecule has 0 aliphatic carbocycles. The van der Waals surface area contributed by atoms with Crippen molar-refractivity contribution in [2.75, 3.05) is 31.6 Å². The van der Waals surface area contributed by atoms with Crippen LogP contribution in [0.3, 0.4) is 0 Å². The molecule has 3 heterocycles. The number of guanidine groups is 1. The summed E-state index contributed by atoms with van der Waals surface area (Å²) in [4.78, 5) is 25.3. The van der Waals surface area contributed by atoms with E-state index in [9.17, 15) is 4.79 Å². The lowest BCUT2D eigenvalue weighted by molar-refractivity contribution is -0.120. The van der Waals surface area contributed by atoms with Crippen molar-refractivity contribution < 1.29 is 9.32 Å². The molecule has 4 rings (SSSR count). The molecule has 1 aromatic carbocycles. The zero-order valence-electron chi connectivity index (χ0n) is 19.1. The van der Waals surface area contributed by atoms with Gasteiger partial charge in [0.2, 0.25) is 5.91 Å². The number of piperazine rings is 1. The number of halogens is 1. The van der Waals surface area contributed by atoms with Crippen molar-refractivity contribution in [2.45, 2.75) is 26.3 Å². The second-order valence-corrected chi connectivity index (χ2v) is 7.71. The zero-order valence-corrected chi connectivity index (χ0v) is 21.4. The molecular formula is C22H29IN8O2. The summed E-state index contributed by atoms with van der Waals surface area (Å²) in [6.07, 6.45) is 5.33. The van der Waals surface area contributed by atoms with E-state index in [4.69, 9.17) is 4.52 Å². The number of rotatable bonds is 6. The van der Waals surface area contributed by atoms with Crippen LogP contribution in [-0.4, -0.2) is 63.4 Å². The third kappa shape index (κ3) is 5.89. The summed E-state index contributed by atoms with van der Waals surface area (Å²) in [5.41, 5.74) is 2.76. The summed E-state index contributed by atoms with van der Waals surface area (Å²) in [6.45, 7) is 4.17. The van der Waals surface area contributed by atoms with Crippen LogP contribution in [0.15, 0.2) is 46.2 Å². The number of nitrogens with one attached hydrogen (secondary N) is 1. The van der Waals surface area contributed by atoms with Crippen LogP contribution < -0.4 is 10.2 Å². The van der Waals surface area contributed by atoms with Crippen LogP contribution >= 0.6 is 24.0 Å². The predicted octanol–water partition coefficient (Wildman–Crippen LogP) is 2.46. The Labute approximate surface area is 210 Å². The van der Waals surface area contributed by atoms with Crippen LogP contribution in [0.2, 0.25) is 0 Å². The predicted molar refractivity (Wildman–Crippen MR) is 136 cm³/mol. The van der Waals surface area contributed by atoms with Crippen molar-refractivity contribution in [3.05, 3.63) is 48.0 Å². The second-order valence-electron chi connectivity index (χ2n) is 7.71. The summed E-state index contributed by atoms with van der Waals surface area (Å²) in [7, 11) is 3.57. The number of hydrogen-bond donors (Lipinski definition) is 1. The van der Waals surface area contributed by atoms with E-state index in [0.717, 1.165) is 35.5 Å². The number of hydrogen-bond acceptors (Lipinski definition) is 6. The highest BCUT2D eigenvalue weighted by molar-refractivity contribution is 14.0. The number of carbonyl (C=O) groups excluding carboxylic acids is 1. The Kier molecular flexibility index (Phi) is 8.42. The molecule has 1 fully saturated rings. The molecule has 11 heteroatoms. The molecular weight excluding hydrogens is 535 g/mol. The summed E-state index contributed by atoms with van der Waals surface area (Å²) in [5, 5.41) is 11.5. The summed E-state index contributed by atoms with van der Waals surface area (Å²) < 4.78 is 7.10. The van der Waals surface area contributed by atoms with Gasteiger partial charge in [-0.15, -0.1) is 24.0 Å². The highest BCUT2D eigenvalue weighted by atomic mass is 127. The first-order chi connectivity index (χ1) is 15.6. The van der Waals surface area contributed by atoms with Gasteiger partial charge in [-0.1, -0.05) is 24.2 Å². The number of nitrogens with zero attached hydrogens (tertiary/aromatic N) is 7. The molecule has 0 atom stereocenters. The Morgan fingerprint density at radius 2 is 2.15 bits per heavy atom. The van der Waals surface area contributed by atoms with E-state index in [1.807, 2.05) is 42.4 Å². The molecule has 33 heavy (non-hydrogen) atoms.